The Kier molecular flexibility index (Phi) is 7.11. The summed E-state index contributed by atoms with van der Waals surface area (Å²) in [7, 11) is 0. The van der Waals surface area contributed by atoms with Gasteiger partial charge in [-0.3, -0.25) is 4.98 Å². The van der Waals surface area contributed by atoms with Gasteiger partial charge in [0.2, 0.25) is 0 Å². The fourth-order valence-electron chi connectivity index (χ4n) is 1.37. The summed E-state index contributed by atoms with van der Waals surface area (Å²) < 4.78 is 13.1. The van der Waals surface area contributed by atoms with E-state index in [4.69, 9.17) is 0 Å². The Labute approximate surface area is 104 Å². The van der Waals surface area contributed by atoms with Crippen molar-refractivity contribution in [2.45, 2.75) is 41.5 Å². The van der Waals surface area contributed by atoms with E-state index in [9.17, 15) is 4.39 Å². The molecule has 2 rings (SSSR count). The van der Waals surface area contributed by atoms with Crippen molar-refractivity contribution < 1.29 is 4.39 Å². The number of nitrogens with zero attached hydrogens (tertiary/aromatic N) is 1. The van der Waals surface area contributed by atoms with Gasteiger partial charge in [-0.05, 0) is 37.1 Å². The van der Waals surface area contributed by atoms with E-state index in [-0.39, 0.29) is 5.82 Å². The Morgan fingerprint density at radius 1 is 0.941 bits per heavy atom. The van der Waals surface area contributed by atoms with E-state index in [1.807, 2.05) is 46.8 Å². The summed E-state index contributed by atoms with van der Waals surface area (Å²) in [6.45, 7) is 11.7. The molecule has 0 unspecified atom stereocenters. The summed E-state index contributed by atoms with van der Waals surface area (Å²) in [5.41, 5.74) is 2.48. The first-order chi connectivity index (χ1) is 8.16. The summed E-state index contributed by atoms with van der Waals surface area (Å²) in [6.07, 6.45) is 1.75. The van der Waals surface area contributed by atoms with Gasteiger partial charge in [0.05, 0.1) is 5.52 Å². The van der Waals surface area contributed by atoms with E-state index in [0.717, 1.165) is 10.9 Å². The lowest BCUT2D eigenvalue weighted by Gasteiger charge is -2.01. The van der Waals surface area contributed by atoms with E-state index in [0.29, 0.717) is 11.1 Å². The molecule has 0 atom stereocenters. The number of rotatable bonds is 0. The number of benzene rings is 1. The van der Waals surface area contributed by atoms with Gasteiger partial charge in [-0.2, -0.15) is 0 Å². The van der Waals surface area contributed by atoms with Crippen LogP contribution in [0.3, 0.4) is 0 Å². The molecule has 0 amide bonds. The zero-order valence-electron chi connectivity index (χ0n) is 11.6. The zero-order valence-corrected chi connectivity index (χ0v) is 11.6. The largest absolute Gasteiger partial charge is 0.256 e. The quantitative estimate of drug-likeness (QED) is 0.623. The van der Waals surface area contributed by atoms with E-state index in [1.54, 1.807) is 13.1 Å². The van der Waals surface area contributed by atoms with Gasteiger partial charge < -0.3 is 0 Å². The number of pyridine rings is 1. The van der Waals surface area contributed by atoms with Gasteiger partial charge in [-0.1, -0.05) is 27.7 Å². The van der Waals surface area contributed by atoms with Crippen LogP contribution in [0.2, 0.25) is 0 Å². The number of aryl methyl sites for hydroxylation is 2. The summed E-state index contributed by atoms with van der Waals surface area (Å²) >= 11 is 0. The van der Waals surface area contributed by atoms with Gasteiger partial charge in [0.1, 0.15) is 5.82 Å². The molecule has 1 aromatic heterocycles. The molecule has 1 aromatic carbocycles. The number of aromatic nitrogens is 1. The molecule has 0 fully saturated rings. The molecular weight excluding hydrogens is 213 g/mol. The van der Waals surface area contributed by atoms with Crippen molar-refractivity contribution in [1.82, 2.24) is 4.98 Å². The van der Waals surface area contributed by atoms with Crippen LogP contribution in [0.1, 0.15) is 38.8 Å². The highest BCUT2D eigenvalue weighted by molar-refractivity contribution is 5.79. The van der Waals surface area contributed by atoms with Crippen LogP contribution in [-0.2, 0) is 0 Å². The number of fused-ring (bicyclic) bond motifs is 1. The lowest BCUT2D eigenvalue weighted by molar-refractivity contribution is 0.620. The topological polar surface area (TPSA) is 12.9 Å². The molecule has 1 heterocycles. The Hall–Kier alpha value is -1.44. The van der Waals surface area contributed by atoms with E-state index >= 15 is 0 Å². The highest BCUT2D eigenvalue weighted by atomic mass is 19.1. The molecule has 2 aromatic rings. The van der Waals surface area contributed by atoms with Gasteiger partial charge in [0.15, 0.2) is 0 Å². The van der Waals surface area contributed by atoms with Gasteiger partial charge in [-0.25, -0.2) is 4.39 Å². The number of hydrogen-bond donors (Lipinski definition) is 0. The maximum atomic E-state index is 13.1. The van der Waals surface area contributed by atoms with Crippen molar-refractivity contribution in [1.29, 1.82) is 0 Å². The monoisotopic (exact) mass is 235 g/mol. The normalized spacial score (nSPS) is 8.88. The predicted molar refractivity (Wildman–Crippen MR) is 73.9 cm³/mol. The third-order valence-corrected chi connectivity index (χ3v) is 2.10. The average Bonchev–Trinajstić information content (AvgIpc) is 2.36. The molecule has 94 valence electrons. The second-order valence-corrected chi connectivity index (χ2v) is 3.31. The van der Waals surface area contributed by atoms with Gasteiger partial charge >= 0.3 is 0 Å². The molecule has 0 saturated carbocycles. The summed E-state index contributed by atoms with van der Waals surface area (Å²) in [6, 6.07) is 5.31. The van der Waals surface area contributed by atoms with Crippen LogP contribution >= 0.6 is 0 Å². The van der Waals surface area contributed by atoms with Crippen molar-refractivity contribution in [3.63, 3.8) is 0 Å². The van der Waals surface area contributed by atoms with Gasteiger partial charge in [0, 0.05) is 17.6 Å². The fraction of sp³-hybridized carbons (Fsp3) is 0.400. The Morgan fingerprint density at radius 3 is 2.12 bits per heavy atom. The van der Waals surface area contributed by atoms with Crippen molar-refractivity contribution >= 4 is 10.9 Å². The van der Waals surface area contributed by atoms with Crippen LogP contribution in [0.4, 0.5) is 4.39 Å². The van der Waals surface area contributed by atoms with Crippen molar-refractivity contribution in [3.05, 3.63) is 41.3 Å². The molecule has 0 N–H and O–H groups in total. The lowest BCUT2D eigenvalue weighted by atomic mass is 10.1. The molecule has 0 aliphatic rings. The van der Waals surface area contributed by atoms with E-state index in [1.165, 1.54) is 6.07 Å². The summed E-state index contributed by atoms with van der Waals surface area (Å²) in [5.74, 6) is -0.191. The summed E-state index contributed by atoms with van der Waals surface area (Å²) in [4.78, 5) is 4.14. The van der Waals surface area contributed by atoms with E-state index in [2.05, 4.69) is 4.98 Å². The highest BCUT2D eigenvalue weighted by Gasteiger charge is 2.01. The average molecular weight is 235 g/mol. The lowest BCUT2D eigenvalue weighted by Crippen LogP contribution is -1.86. The van der Waals surface area contributed by atoms with Crippen LogP contribution < -0.4 is 0 Å². The minimum Gasteiger partial charge on any atom is -0.256 e. The van der Waals surface area contributed by atoms with Crippen LogP contribution in [0, 0.1) is 19.7 Å². The van der Waals surface area contributed by atoms with Crippen LogP contribution in [0.5, 0.6) is 0 Å². The van der Waals surface area contributed by atoms with Crippen molar-refractivity contribution in [2.75, 3.05) is 0 Å². The van der Waals surface area contributed by atoms with Gasteiger partial charge in [-0.15, -0.1) is 0 Å². The molecule has 0 aliphatic heterocycles. The summed E-state index contributed by atoms with van der Waals surface area (Å²) in [5, 5.41) is 0.999. The highest BCUT2D eigenvalue weighted by Crippen LogP contribution is 2.17. The molecule has 2 heteroatoms. The predicted octanol–water partition coefficient (Wildman–Crippen LogP) is 5.04. The molecule has 0 spiro atoms. The number of halogens is 1. The SMILES string of the molecule is CC.CC.Cc1cnc2cc(F)c(C)cc2c1. The molecule has 0 bridgehead atoms. The third kappa shape index (κ3) is 4.14. The van der Waals surface area contributed by atoms with Crippen LogP contribution in [-0.4, -0.2) is 4.98 Å². The Bertz CT molecular complexity index is 464. The van der Waals surface area contributed by atoms with Crippen molar-refractivity contribution in [3.8, 4) is 0 Å². The van der Waals surface area contributed by atoms with Gasteiger partial charge in [0.25, 0.3) is 0 Å². The molecule has 17 heavy (non-hydrogen) atoms. The standard InChI is InChI=1S/C11H10FN.2C2H6/c1-7-3-9-4-8(2)10(12)5-11(9)13-6-7;2*1-2/h3-6H,1-2H3;2*1-2H3. The van der Waals surface area contributed by atoms with Crippen molar-refractivity contribution in [2.24, 2.45) is 0 Å². The molecule has 0 radical (unpaired) electrons. The molecule has 0 saturated heterocycles. The first-order valence-electron chi connectivity index (χ1n) is 6.19. The first-order valence-corrected chi connectivity index (χ1v) is 6.19. The molecule has 0 aliphatic carbocycles. The second-order valence-electron chi connectivity index (χ2n) is 3.31. The second kappa shape index (κ2) is 7.77. The molecular formula is C15H22FN. The Balaban J connectivity index is 0.000000581. The van der Waals surface area contributed by atoms with Crippen LogP contribution in [0.15, 0.2) is 24.4 Å². The van der Waals surface area contributed by atoms with Crippen LogP contribution in [0.25, 0.3) is 10.9 Å². The number of hydrogen-bond acceptors (Lipinski definition) is 1. The third-order valence-electron chi connectivity index (χ3n) is 2.10. The first kappa shape index (κ1) is 15.6. The smallest absolute Gasteiger partial charge is 0.128 e. The minimum atomic E-state index is -0.191. The minimum absolute atomic E-state index is 0.191. The Morgan fingerprint density at radius 2 is 1.53 bits per heavy atom. The van der Waals surface area contributed by atoms with E-state index < -0.39 is 0 Å². The maximum absolute atomic E-state index is 13.1. The zero-order chi connectivity index (χ0) is 13.4. The fourth-order valence-corrected chi connectivity index (χ4v) is 1.37. The molecule has 1 nitrogen and oxygen atoms in total. The maximum Gasteiger partial charge on any atom is 0.128 e.